The Morgan fingerprint density at radius 1 is 1.32 bits per heavy atom. The van der Waals surface area contributed by atoms with Crippen LogP contribution in [-0.2, 0) is 6.54 Å². The highest BCUT2D eigenvalue weighted by Gasteiger charge is 2.09. The molecule has 0 spiro atoms. The van der Waals surface area contributed by atoms with Gasteiger partial charge < -0.3 is 15.5 Å². The predicted molar refractivity (Wildman–Crippen MR) is 74.4 cm³/mol. The minimum absolute atomic E-state index is 0.0797. The summed E-state index contributed by atoms with van der Waals surface area (Å²) in [7, 11) is 0. The number of aromatic nitrogens is 2. The Morgan fingerprint density at radius 3 is 2.68 bits per heavy atom. The van der Waals surface area contributed by atoms with Gasteiger partial charge in [0.15, 0.2) is 11.5 Å². The number of benzene rings is 1. The summed E-state index contributed by atoms with van der Waals surface area (Å²) in [5, 5.41) is 26.8. The van der Waals surface area contributed by atoms with Gasteiger partial charge in [-0.15, -0.1) is 0 Å². The molecule has 3 N–H and O–H groups in total. The van der Waals surface area contributed by atoms with Gasteiger partial charge in [-0.2, -0.15) is 5.10 Å². The van der Waals surface area contributed by atoms with E-state index in [-0.39, 0.29) is 11.5 Å². The molecule has 0 atom stereocenters. The van der Waals surface area contributed by atoms with Crippen molar-refractivity contribution in [1.82, 2.24) is 9.78 Å². The standard InChI is InChI=1S/C14H19N3O2/c1-9(2)17-8-12(10(3)16-17)15-7-11-5-4-6-13(18)14(11)19/h4-6,8-9,15,18-19H,7H2,1-3H3. The van der Waals surface area contributed by atoms with Gasteiger partial charge in [-0.05, 0) is 26.8 Å². The van der Waals surface area contributed by atoms with Crippen LogP contribution >= 0.6 is 0 Å². The smallest absolute Gasteiger partial charge is 0.162 e. The van der Waals surface area contributed by atoms with E-state index < -0.39 is 0 Å². The lowest BCUT2D eigenvalue weighted by Gasteiger charge is -2.08. The van der Waals surface area contributed by atoms with E-state index in [9.17, 15) is 10.2 Å². The summed E-state index contributed by atoms with van der Waals surface area (Å²) in [6.07, 6.45) is 1.94. The fourth-order valence-corrected chi connectivity index (χ4v) is 1.83. The molecule has 0 radical (unpaired) electrons. The zero-order valence-electron chi connectivity index (χ0n) is 11.4. The van der Waals surface area contributed by atoms with Gasteiger partial charge in [-0.25, -0.2) is 0 Å². The maximum absolute atomic E-state index is 9.73. The zero-order chi connectivity index (χ0) is 14.0. The van der Waals surface area contributed by atoms with Gasteiger partial charge in [0, 0.05) is 24.3 Å². The lowest BCUT2D eigenvalue weighted by atomic mass is 10.2. The summed E-state index contributed by atoms with van der Waals surface area (Å²) in [6, 6.07) is 5.24. The minimum Gasteiger partial charge on any atom is -0.504 e. The first-order valence-corrected chi connectivity index (χ1v) is 6.28. The molecule has 19 heavy (non-hydrogen) atoms. The van der Waals surface area contributed by atoms with E-state index >= 15 is 0 Å². The fraction of sp³-hybridized carbons (Fsp3) is 0.357. The van der Waals surface area contributed by atoms with Gasteiger partial charge >= 0.3 is 0 Å². The van der Waals surface area contributed by atoms with Crippen LogP contribution in [0.15, 0.2) is 24.4 Å². The maximum atomic E-state index is 9.73. The van der Waals surface area contributed by atoms with E-state index in [0.29, 0.717) is 18.2 Å². The first-order valence-electron chi connectivity index (χ1n) is 6.28. The van der Waals surface area contributed by atoms with E-state index in [1.165, 1.54) is 6.07 Å². The Bertz CT molecular complexity index is 576. The average Bonchev–Trinajstić information content (AvgIpc) is 2.73. The van der Waals surface area contributed by atoms with Crippen molar-refractivity contribution >= 4 is 5.69 Å². The van der Waals surface area contributed by atoms with Crippen LogP contribution < -0.4 is 5.32 Å². The second-order valence-electron chi connectivity index (χ2n) is 4.84. The van der Waals surface area contributed by atoms with Crippen LogP contribution in [0, 0.1) is 6.92 Å². The van der Waals surface area contributed by atoms with Gasteiger partial charge in [0.25, 0.3) is 0 Å². The van der Waals surface area contributed by atoms with Crippen LogP contribution in [0.25, 0.3) is 0 Å². The molecule has 0 saturated carbocycles. The van der Waals surface area contributed by atoms with E-state index in [0.717, 1.165) is 11.4 Å². The highest BCUT2D eigenvalue weighted by molar-refractivity contribution is 5.49. The molecule has 1 aromatic heterocycles. The van der Waals surface area contributed by atoms with Crippen molar-refractivity contribution in [3.05, 3.63) is 35.7 Å². The molecule has 0 aliphatic carbocycles. The van der Waals surface area contributed by atoms with Crippen molar-refractivity contribution in [2.24, 2.45) is 0 Å². The molecule has 1 aromatic carbocycles. The monoisotopic (exact) mass is 261 g/mol. The van der Waals surface area contributed by atoms with Crippen molar-refractivity contribution < 1.29 is 10.2 Å². The Labute approximate surface area is 112 Å². The zero-order valence-corrected chi connectivity index (χ0v) is 11.4. The number of phenols is 2. The van der Waals surface area contributed by atoms with Crippen LogP contribution in [0.5, 0.6) is 11.5 Å². The van der Waals surface area contributed by atoms with Crippen molar-refractivity contribution in [1.29, 1.82) is 0 Å². The maximum Gasteiger partial charge on any atom is 0.162 e. The molecule has 5 nitrogen and oxygen atoms in total. The van der Waals surface area contributed by atoms with Crippen LogP contribution in [0.1, 0.15) is 31.1 Å². The third kappa shape index (κ3) is 2.81. The quantitative estimate of drug-likeness (QED) is 0.740. The summed E-state index contributed by atoms with van der Waals surface area (Å²) >= 11 is 0. The summed E-state index contributed by atoms with van der Waals surface area (Å²) in [5.74, 6) is -0.183. The van der Waals surface area contributed by atoms with E-state index in [1.54, 1.807) is 12.1 Å². The summed E-state index contributed by atoms with van der Waals surface area (Å²) in [4.78, 5) is 0. The third-order valence-electron chi connectivity index (χ3n) is 3.01. The molecule has 1 heterocycles. The van der Waals surface area contributed by atoms with Gasteiger partial charge in [0.2, 0.25) is 0 Å². The first-order chi connectivity index (χ1) is 8.99. The number of hydrogen-bond acceptors (Lipinski definition) is 4. The second-order valence-corrected chi connectivity index (χ2v) is 4.84. The van der Waals surface area contributed by atoms with Gasteiger partial charge in [0.05, 0.1) is 11.4 Å². The van der Waals surface area contributed by atoms with Gasteiger partial charge in [-0.3, -0.25) is 4.68 Å². The van der Waals surface area contributed by atoms with Crippen LogP contribution in [0.2, 0.25) is 0 Å². The Hall–Kier alpha value is -2.17. The summed E-state index contributed by atoms with van der Waals surface area (Å²) in [6.45, 7) is 6.50. The van der Waals surface area contributed by atoms with Gasteiger partial charge in [-0.1, -0.05) is 12.1 Å². The number of nitrogens with zero attached hydrogens (tertiary/aromatic N) is 2. The number of para-hydroxylation sites is 1. The topological polar surface area (TPSA) is 70.3 Å². The van der Waals surface area contributed by atoms with Crippen molar-refractivity contribution in [2.75, 3.05) is 5.32 Å². The summed E-state index contributed by atoms with van der Waals surface area (Å²) < 4.78 is 1.89. The molecule has 5 heteroatoms. The van der Waals surface area contributed by atoms with E-state index in [2.05, 4.69) is 24.3 Å². The fourth-order valence-electron chi connectivity index (χ4n) is 1.83. The number of phenolic OH excluding ortho intramolecular Hbond substituents is 2. The number of rotatable bonds is 4. The lowest BCUT2D eigenvalue weighted by Crippen LogP contribution is -2.01. The highest BCUT2D eigenvalue weighted by Crippen LogP contribution is 2.29. The Balaban J connectivity index is 2.12. The normalized spacial score (nSPS) is 10.9. The molecule has 0 aliphatic rings. The van der Waals surface area contributed by atoms with E-state index in [4.69, 9.17) is 0 Å². The highest BCUT2D eigenvalue weighted by atomic mass is 16.3. The molecule has 2 aromatic rings. The number of hydrogen-bond donors (Lipinski definition) is 3. The number of anilines is 1. The van der Waals surface area contributed by atoms with Crippen molar-refractivity contribution in [2.45, 2.75) is 33.4 Å². The predicted octanol–water partition coefficient (Wildman–Crippen LogP) is 2.80. The molecule has 0 amide bonds. The lowest BCUT2D eigenvalue weighted by molar-refractivity contribution is 0.400. The third-order valence-corrected chi connectivity index (χ3v) is 3.01. The van der Waals surface area contributed by atoms with E-state index in [1.807, 2.05) is 17.8 Å². The molecular formula is C14H19N3O2. The number of nitrogens with one attached hydrogen (secondary N) is 1. The molecule has 2 rings (SSSR count). The Morgan fingerprint density at radius 2 is 2.05 bits per heavy atom. The second kappa shape index (κ2) is 5.22. The number of aromatic hydroxyl groups is 2. The molecule has 0 aliphatic heterocycles. The first kappa shape index (κ1) is 13.3. The van der Waals surface area contributed by atoms with Crippen molar-refractivity contribution in [3.63, 3.8) is 0 Å². The molecule has 0 saturated heterocycles. The SMILES string of the molecule is Cc1nn(C(C)C)cc1NCc1cccc(O)c1O. The van der Waals surface area contributed by atoms with Gasteiger partial charge in [0.1, 0.15) is 0 Å². The largest absolute Gasteiger partial charge is 0.504 e. The molecule has 0 bridgehead atoms. The minimum atomic E-state index is -0.103. The number of aryl methyl sites for hydroxylation is 1. The van der Waals surface area contributed by atoms with Crippen LogP contribution in [-0.4, -0.2) is 20.0 Å². The molecule has 0 unspecified atom stereocenters. The Kier molecular flexibility index (Phi) is 3.64. The van der Waals surface area contributed by atoms with Crippen LogP contribution in [0.3, 0.4) is 0 Å². The van der Waals surface area contributed by atoms with Crippen LogP contribution in [0.4, 0.5) is 5.69 Å². The molecular weight excluding hydrogens is 242 g/mol. The molecule has 0 fully saturated rings. The molecule has 102 valence electrons. The average molecular weight is 261 g/mol. The summed E-state index contributed by atoms with van der Waals surface area (Å²) in [5.41, 5.74) is 2.49. The van der Waals surface area contributed by atoms with Crippen molar-refractivity contribution in [3.8, 4) is 11.5 Å².